The van der Waals surface area contributed by atoms with E-state index in [1.54, 1.807) is 0 Å². The Labute approximate surface area is 110 Å². The second kappa shape index (κ2) is 6.32. The number of rotatable bonds is 5. The van der Waals surface area contributed by atoms with E-state index in [4.69, 9.17) is 11.6 Å². The Kier molecular flexibility index (Phi) is 5.32. The Morgan fingerprint density at radius 2 is 1.94 bits per heavy atom. The van der Waals surface area contributed by atoms with E-state index < -0.39 is 11.7 Å². The van der Waals surface area contributed by atoms with E-state index in [-0.39, 0.29) is 16.8 Å². The van der Waals surface area contributed by atoms with E-state index in [1.165, 1.54) is 12.1 Å². The zero-order valence-electron chi connectivity index (χ0n) is 10.4. The summed E-state index contributed by atoms with van der Waals surface area (Å²) in [6, 6.07) is 3.85. The molecule has 1 nitrogen and oxygen atoms in total. The summed E-state index contributed by atoms with van der Waals surface area (Å²) in [6.45, 7) is 3.94. The minimum Gasteiger partial charge on any atom is -0.381 e. The van der Waals surface area contributed by atoms with Crippen LogP contribution in [0.1, 0.15) is 38.7 Å². The van der Waals surface area contributed by atoms with Crippen molar-refractivity contribution < 1.29 is 13.2 Å². The molecule has 0 fully saturated rings. The van der Waals surface area contributed by atoms with Crippen LogP contribution < -0.4 is 5.32 Å². The Morgan fingerprint density at radius 1 is 1.28 bits per heavy atom. The van der Waals surface area contributed by atoms with Crippen molar-refractivity contribution in [2.75, 3.05) is 5.32 Å². The van der Waals surface area contributed by atoms with Gasteiger partial charge in [0.05, 0.1) is 16.3 Å². The maximum Gasteiger partial charge on any atom is 0.418 e. The van der Waals surface area contributed by atoms with Crippen molar-refractivity contribution in [1.82, 2.24) is 0 Å². The molecule has 0 bridgehead atoms. The van der Waals surface area contributed by atoms with Crippen LogP contribution in [0.4, 0.5) is 18.9 Å². The second-order valence-corrected chi connectivity index (χ2v) is 4.61. The molecule has 0 saturated heterocycles. The largest absolute Gasteiger partial charge is 0.418 e. The third-order valence-corrected chi connectivity index (χ3v) is 3.11. The highest BCUT2D eigenvalue weighted by molar-refractivity contribution is 6.33. The molecule has 0 radical (unpaired) electrons. The van der Waals surface area contributed by atoms with Crippen molar-refractivity contribution in [2.45, 2.75) is 45.3 Å². The summed E-state index contributed by atoms with van der Waals surface area (Å²) in [5, 5.41) is 3.03. The molecule has 5 heteroatoms. The van der Waals surface area contributed by atoms with Crippen LogP contribution in [0.15, 0.2) is 18.2 Å². The molecule has 1 rings (SSSR count). The van der Waals surface area contributed by atoms with E-state index in [0.29, 0.717) is 0 Å². The minimum absolute atomic E-state index is 0.00744. The molecule has 1 unspecified atom stereocenters. The van der Waals surface area contributed by atoms with Gasteiger partial charge < -0.3 is 5.32 Å². The fourth-order valence-corrected chi connectivity index (χ4v) is 2.07. The number of para-hydroxylation sites is 1. The molecule has 0 heterocycles. The Morgan fingerprint density at radius 3 is 2.44 bits per heavy atom. The highest BCUT2D eigenvalue weighted by Crippen LogP contribution is 2.39. The Balaban J connectivity index is 3.06. The summed E-state index contributed by atoms with van der Waals surface area (Å²) in [5.41, 5.74) is -0.712. The van der Waals surface area contributed by atoms with Gasteiger partial charge in [0.2, 0.25) is 0 Å². The predicted molar refractivity (Wildman–Crippen MR) is 69.1 cm³/mol. The van der Waals surface area contributed by atoms with Gasteiger partial charge in [-0.05, 0) is 25.0 Å². The van der Waals surface area contributed by atoms with Gasteiger partial charge in [-0.1, -0.05) is 37.9 Å². The fraction of sp³-hybridized carbons (Fsp3) is 0.538. The maximum atomic E-state index is 12.9. The monoisotopic (exact) mass is 279 g/mol. The SMILES string of the molecule is CCCC(CC)Nc1c(Cl)cccc1C(F)(F)F. The van der Waals surface area contributed by atoms with Crippen molar-refractivity contribution in [3.05, 3.63) is 28.8 Å². The molecule has 0 aliphatic rings. The standard InChI is InChI=1S/C13H17ClF3N/c1-3-6-9(4-2)18-12-10(13(15,16)17)7-5-8-11(12)14/h5,7-9,18H,3-4,6H2,1-2H3. The highest BCUT2D eigenvalue weighted by Gasteiger charge is 2.34. The van der Waals surface area contributed by atoms with Crippen LogP contribution in [0, 0.1) is 0 Å². The number of hydrogen-bond acceptors (Lipinski definition) is 1. The molecule has 0 aliphatic heterocycles. The quantitative estimate of drug-likeness (QED) is 0.766. The van der Waals surface area contributed by atoms with Crippen LogP contribution in [0.3, 0.4) is 0 Å². The average molecular weight is 280 g/mol. The molecular weight excluding hydrogens is 263 g/mol. The summed E-state index contributed by atoms with van der Waals surface area (Å²) in [6.07, 6.45) is -1.90. The average Bonchev–Trinajstić information content (AvgIpc) is 2.29. The zero-order chi connectivity index (χ0) is 13.8. The van der Waals surface area contributed by atoms with Crippen LogP contribution in [-0.2, 0) is 6.18 Å². The Bertz CT molecular complexity index is 390. The molecule has 0 spiro atoms. The van der Waals surface area contributed by atoms with Gasteiger partial charge >= 0.3 is 6.18 Å². The third-order valence-electron chi connectivity index (χ3n) is 2.80. The van der Waals surface area contributed by atoms with Crippen LogP contribution in [0.2, 0.25) is 5.02 Å². The topological polar surface area (TPSA) is 12.0 Å². The molecule has 0 aromatic heterocycles. The van der Waals surface area contributed by atoms with Crippen molar-refractivity contribution in [3.8, 4) is 0 Å². The van der Waals surface area contributed by atoms with E-state index >= 15 is 0 Å². The first-order valence-corrected chi connectivity index (χ1v) is 6.40. The molecule has 18 heavy (non-hydrogen) atoms. The second-order valence-electron chi connectivity index (χ2n) is 4.20. The van der Waals surface area contributed by atoms with Gasteiger partial charge in [-0.2, -0.15) is 13.2 Å². The number of halogens is 4. The molecule has 0 amide bonds. The zero-order valence-corrected chi connectivity index (χ0v) is 11.2. The van der Waals surface area contributed by atoms with Crippen LogP contribution in [0.5, 0.6) is 0 Å². The van der Waals surface area contributed by atoms with Crippen molar-refractivity contribution in [2.24, 2.45) is 0 Å². The van der Waals surface area contributed by atoms with Gasteiger partial charge in [0, 0.05) is 6.04 Å². The first-order chi connectivity index (χ1) is 8.40. The summed E-state index contributed by atoms with van der Waals surface area (Å²) in [5.74, 6) is 0. The minimum atomic E-state index is -4.39. The van der Waals surface area contributed by atoms with E-state index in [0.717, 1.165) is 25.3 Å². The van der Waals surface area contributed by atoms with Gasteiger partial charge in [0.25, 0.3) is 0 Å². The van der Waals surface area contributed by atoms with E-state index in [9.17, 15) is 13.2 Å². The van der Waals surface area contributed by atoms with Crippen LogP contribution >= 0.6 is 11.6 Å². The molecule has 102 valence electrons. The van der Waals surface area contributed by atoms with Gasteiger partial charge in [0.15, 0.2) is 0 Å². The molecule has 1 aromatic rings. The van der Waals surface area contributed by atoms with E-state index in [1.807, 2.05) is 13.8 Å². The van der Waals surface area contributed by atoms with Crippen molar-refractivity contribution >= 4 is 17.3 Å². The van der Waals surface area contributed by atoms with Crippen LogP contribution in [0.25, 0.3) is 0 Å². The van der Waals surface area contributed by atoms with Crippen molar-refractivity contribution in [1.29, 1.82) is 0 Å². The van der Waals surface area contributed by atoms with E-state index in [2.05, 4.69) is 5.32 Å². The number of anilines is 1. The number of hydrogen-bond donors (Lipinski definition) is 1. The molecule has 1 N–H and O–H groups in total. The Hall–Kier alpha value is -0.900. The molecule has 1 aromatic carbocycles. The molecule has 0 saturated carbocycles. The molecule has 1 atom stereocenters. The summed E-state index contributed by atoms with van der Waals surface area (Å²) in [7, 11) is 0. The highest BCUT2D eigenvalue weighted by atomic mass is 35.5. The lowest BCUT2D eigenvalue weighted by molar-refractivity contribution is -0.137. The molecular formula is C13H17ClF3N. The predicted octanol–water partition coefficient (Wildman–Crippen LogP) is 5.35. The lowest BCUT2D eigenvalue weighted by atomic mass is 10.1. The van der Waals surface area contributed by atoms with Gasteiger partial charge in [-0.3, -0.25) is 0 Å². The van der Waals surface area contributed by atoms with Crippen molar-refractivity contribution in [3.63, 3.8) is 0 Å². The maximum absolute atomic E-state index is 12.9. The summed E-state index contributed by atoms with van der Waals surface area (Å²) >= 11 is 5.87. The first-order valence-electron chi connectivity index (χ1n) is 6.02. The smallest absolute Gasteiger partial charge is 0.381 e. The normalized spacial score (nSPS) is 13.4. The number of alkyl halides is 3. The number of benzene rings is 1. The van der Waals surface area contributed by atoms with Crippen LogP contribution in [-0.4, -0.2) is 6.04 Å². The third kappa shape index (κ3) is 3.80. The van der Waals surface area contributed by atoms with Gasteiger partial charge in [-0.25, -0.2) is 0 Å². The summed E-state index contributed by atoms with van der Waals surface area (Å²) < 4.78 is 38.6. The number of nitrogens with one attached hydrogen (secondary N) is 1. The molecule has 0 aliphatic carbocycles. The van der Waals surface area contributed by atoms with Gasteiger partial charge in [-0.15, -0.1) is 0 Å². The summed E-state index contributed by atoms with van der Waals surface area (Å²) in [4.78, 5) is 0. The van der Waals surface area contributed by atoms with Gasteiger partial charge in [0.1, 0.15) is 0 Å². The fourth-order valence-electron chi connectivity index (χ4n) is 1.84. The lowest BCUT2D eigenvalue weighted by Crippen LogP contribution is -2.21. The lowest BCUT2D eigenvalue weighted by Gasteiger charge is -2.22. The first kappa shape index (κ1) is 15.2.